The summed E-state index contributed by atoms with van der Waals surface area (Å²) in [6.07, 6.45) is 0. The molecule has 2 aromatic rings. The van der Waals surface area contributed by atoms with Crippen molar-refractivity contribution < 1.29 is 24.0 Å². The standard InChI is InChI=1S/C17H15ClN2O6/c18-13-4-2-6-15(10-13)25-7-8-26-16(21)11-19-17(22)12-3-1-5-14(9-12)20(23)24/h1-6,9-10H,7-8,11H2,(H,19,22). The third-order valence-corrected chi connectivity index (χ3v) is 3.36. The van der Waals surface area contributed by atoms with E-state index in [9.17, 15) is 19.7 Å². The molecule has 0 aliphatic rings. The van der Waals surface area contributed by atoms with Crippen LogP contribution in [0, 0.1) is 10.1 Å². The first-order valence-corrected chi connectivity index (χ1v) is 7.90. The number of nitro groups is 1. The lowest BCUT2D eigenvalue weighted by atomic mass is 10.2. The van der Waals surface area contributed by atoms with Gasteiger partial charge in [0.1, 0.15) is 25.5 Å². The van der Waals surface area contributed by atoms with Gasteiger partial charge in [-0.3, -0.25) is 19.7 Å². The number of carbonyl (C=O) groups is 2. The molecule has 2 rings (SSSR count). The third kappa shape index (κ3) is 6.06. The summed E-state index contributed by atoms with van der Waals surface area (Å²) in [5, 5.41) is 13.6. The largest absolute Gasteiger partial charge is 0.490 e. The molecule has 0 aliphatic carbocycles. The van der Waals surface area contributed by atoms with Crippen molar-refractivity contribution >= 4 is 29.2 Å². The van der Waals surface area contributed by atoms with Crippen LogP contribution in [-0.2, 0) is 9.53 Å². The monoisotopic (exact) mass is 378 g/mol. The Morgan fingerprint density at radius 2 is 1.88 bits per heavy atom. The van der Waals surface area contributed by atoms with Crippen LogP contribution >= 0.6 is 11.6 Å². The molecular weight excluding hydrogens is 364 g/mol. The van der Waals surface area contributed by atoms with E-state index in [1.807, 2.05) is 0 Å². The predicted octanol–water partition coefficient (Wildman–Crippen LogP) is 2.60. The van der Waals surface area contributed by atoms with Crippen molar-refractivity contribution in [2.24, 2.45) is 0 Å². The summed E-state index contributed by atoms with van der Waals surface area (Å²) in [7, 11) is 0. The van der Waals surface area contributed by atoms with Gasteiger partial charge in [0, 0.05) is 22.7 Å². The van der Waals surface area contributed by atoms with E-state index in [1.54, 1.807) is 24.3 Å². The molecule has 0 fully saturated rings. The highest BCUT2D eigenvalue weighted by atomic mass is 35.5. The van der Waals surface area contributed by atoms with Gasteiger partial charge in [-0.25, -0.2) is 0 Å². The fraction of sp³-hybridized carbons (Fsp3) is 0.176. The lowest BCUT2D eigenvalue weighted by Gasteiger charge is -2.08. The number of amides is 1. The highest BCUT2D eigenvalue weighted by Crippen LogP contribution is 2.16. The van der Waals surface area contributed by atoms with Crippen molar-refractivity contribution in [2.45, 2.75) is 0 Å². The van der Waals surface area contributed by atoms with Gasteiger partial charge >= 0.3 is 5.97 Å². The number of carbonyl (C=O) groups excluding carboxylic acids is 2. The molecule has 0 radical (unpaired) electrons. The van der Waals surface area contributed by atoms with Crippen molar-refractivity contribution in [1.29, 1.82) is 0 Å². The van der Waals surface area contributed by atoms with Crippen molar-refractivity contribution in [3.05, 3.63) is 69.2 Å². The van der Waals surface area contributed by atoms with Crippen molar-refractivity contribution in [1.82, 2.24) is 5.32 Å². The molecule has 0 atom stereocenters. The number of non-ortho nitro benzene ring substituents is 1. The number of benzene rings is 2. The molecule has 0 aromatic heterocycles. The van der Waals surface area contributed by atoms with Crippen LogP contribution < -0.4 is 10.1 Å². The molecule has 26 heavy (non-hydrogen) atoms. The maximum Gasteiger partial charge on any atom is 0.325 e. The Bertz CT molecular complexity index is 811. The fourth-order valence-corrected chi connectivity index (χ4v) is 2.12. The van der Waals surface area contributed by atoms with E-state index in [-0.39, 0.29) is 31.0 Å². The molecule has 0 saturated carbocycles. The van der Waals surface area contributed by atoms with E-state index in [0.717, 1.165) is 6.07 Å². The maximum absolute atomic E-state index is 11.9. The number of halogens is 1. The van der Waals surface area contributed by atoms with Gasteiger partial charge in [-0.1, -0.05) is 23.7 Å². The molecule has 2 aromatic carbocycles. The van der Waals surface area contributed by atoms with Crippen molar-refractivity contribution in [3.8, 4) is 5.75 Å². The minimum atomic E-state index is -0.654. The minimum absolute atomic E-state index is 0.00196. The number of rotatable bonds is 8. The summed E-state index contributed by atoms with van der Waals surface area (Å²) in [5.74, 6) is -0.716. The third-order valence-electron chi connectivity index (χ3n) is 3.12. The zero-order valence-electron chi connectivity index (χ0n) is 13.5. The first-order valence-electron chi connectivity index (χ1n) is 7.52. The molecule has 0 spiro atoms. The first kappa shape index (κ1) is 19.2. The fourth-order valence-electron chi connectivity index (χ4n) is 1.94. The second-order valence-corrected chi connectivity index (χ2v) is 5.45. The van der Waals surface area contributed by atoms with E-state index in [1.165, 1.54) is 18.2 Å². The van der Waals surface area contributed by atoms with Gasteiger partial charge in [-0.2, -0.15) is 0 Å². The zero-order valence-corrected chi connectivity index (χ0v) is 14.3. The predicted molar refractivity (Wildman–Crippen MR) is 93.3 cm³/mol. The smallest absolute Gasteiger partial charge is 0.325 e. The Labute approximate surface area is 153 Å². The molecule has 8 nitrogen and oxygen atoms in total. The average molecular weight is 379 g/mol. The molecule has 1 amide bonds. The van der Waals surface area contributed by atoms with Crippen LogP contribution in [0.15, 0.2) is 48.5 Å². The van der Waals surface area contributed by atoms with E-state index in [0.29, 0.717) is 10.8 Å². The number of nitrogens with one attached hydrogen (secondary N) is 1. The summed E-state index contributed by atoms with van der Waals surface area (Å²) in [6, 6.07) is 12.0. The van der Waals surface area contributed by atoms with E-state index >= 15 is 0 Å². The second kappa shape index (κ2) is 9.38. The van der Waals surface area contributed by atoms with Gasteiger partial charge in [-0.15, -0.1) is 0 Å². The summed E-state index contributed by atoms with van der Waals surface area (Å²) in [5.41, 5.74) is -0.130. The van der Waals surface area contributed by atoms with Gasteiger partial charge in [0.15, 0.2) is 0 Å². The van der Waals surface area contributed by atoms with Crippen LogP contribution in [-0.4, -0.2) is 36.6 Å². The molecule has 136 valence electrons. The van der Waals surface area contributed by atoms with Crippen LogP contribution in [0.5, 0.6) is 5.75 Å². The summed E-state index contributed by atoms with van der Waals surface area (Å²) < 4.78 is 10.3. The lowest BCUT2D eigenvalue weighted by molar-refractivity contribution is -0.384. The Morgan fingerprint density at radius 1 is 1.12 bits per heavy atom. The highest BCUT2D eigenvalue weighted by Gasteiger charge is 2.12. The SMILES string of the molecule is O=C(CNC(=O)c1cccc([N+](=O)[O-])c1)OCCOc1cccc(Cl)c1. The van der Waals surface area contributed by atoms with Gasteiger partial charge in [0.2, 0.25) is 0 Å². The number of nitro benzene ring substituents is 1. The van der Waals surface area contributed by atoms with Gasteiger partial charge < -0.3 is 14.8 Å². The Balaban J connectivity index is 1.70. The average Bonchev–Trinajstić information content (AvgIpc) is 2.63. The molecule has 0 saturated heterocycles. The number of hydrogen-bond donors (Lipinski definition) is 1. The molecular formula is C17H15ClN2O6. The number of hydrogen-bond acceptors (Lipinski definition) is 6. The van der Waals surface area contributed by atoms with Crippen LogP contribution in [0.25, 0.3) is 0 Å². The first-order chi connectivity index (χ1) is 12.5. The van der Waals surface area contributed by atoms with E-state index in [4.69, 9.17) is 21.1 Å². The van der Waals surface area contributed by atoms with Gasteiger partial charge in [0.25, 0.3) is 11.6 Å². The molecule has 9 heteroatoms. The molecule has 0 aliphatic heterocycles. The van der Waals surface area contributed by atoms with Crippen LogP contribution in [0.3, 0.4) is 0 Å². The van der Waals surface area contributed by atoms with E-state index < -0.39 is 16.8 Å². The van der Waals surface area contributed by atoms with Crippen molar-refractivity contribution in [2.75, 3.05) is 19.8 Å². The van der Waals surface area contributed by atoms with Crippen LogP contribution in [0.2, 0.25) is 5.02 Å². The number of esters is 1. The lowest BCUT2D eigenvalue weighted by Crippen LogP contribution is -2.31. The minimum Gasteiger partial charge on any atom is -0.490 e. The number of ether oxygens (including phenoxy) is 2. The molecule has 0 unspecified atom stereocenters. The molecule has 1 N–H and O–H groups in total. The summed E-state index contributed by atoms with van der Waals surface area (Å²) in [4.78, 5) is 33.6. The topological polar surface area (TPSA) is 108 Å². The normalized spacial score (nSPS) is 10.0. The van der Waals surface area contributed by atoms with Crippen LogP contribution in [0.4, 0.5) is 5.69 Å². The highest BCUT2D eigenvalue weighted by molar-refractivity contribution is 6.30. The number of nitrogens with zero attached hydrogens (tertiary/aromatic N) is 1. The van der Waals surface area contributed by atoms with Crippen molar-refractivity contribution in [3.63, 3.8) is 0 Å². The van der Waals surface area contributed by atoms with E-state index in [2.05, 4.69) is 5.32 Å². The summed E-state index contributed by atoms with van der Waals surface area (Å²) in [6.45, 7) is -0.234. The zero-order chi connectivity index (χ0) is 18.9. The quantitative estimate of drug-likeness (QED) is 0.327. The summed E-state index contributed by atoms with van der Waals surface area (Å²) >= 11 is 5.81. The Kier molecular flexibility index (Phi) is 6.92. The van der Waals surface area contributed by atoms with Gasteiger partial charge in [-0.05, 0) is 24.3 Å². The maximum atomic E-state index is 11.9. The van der Waals surface area contributed by atoms with Gasteiger partial charge in [0.05, 0.1) is 4.92 Å². The molecule has 0 heterocycles. The Hall–Kier alpha value is -3.13. The molecule has 0 bridgehead atoms. The second-order valence-electron chi connectivity index (χ2n) is 5.02. The van der Waals surface area contributed by atoms with Crippen LogP contribution in [0.1, 0.15) is 10.4 Å². The Morgan fingerprint density at radius 3 is 2.62 bits per heavy atom.